The Balaban J connectivity index is 1.20. The number of aliphatic hydroxyl groups excluding tert-OH is 1. The second-order valence-electron chi connectivity index (χ2n) is 9.70. The first-order valence-electron chi connectivity index (χ1n) is 12.0. The van der Waals surface area contributed by atoms with Gasteiger partial charge in [0.15, 0.2) is 0 Å². The fourth-order valence-corrected chi connectivity index (χ4v) is 5.86. The van der Waals surface area contributed by atoms with E-state index in [4.69, 9.17) is 0 Å². The summed E-state index contributed by atoms with van der Waals surface area (Å²) in [6, 6.07) is 8.81. The van der Waals surface area contributed by atoms with Gasteiger partial charge in [0.05, 0.1) is 6.10 Å². The molecular weight excluding hydrogens is 354 g/mol. The fourth-order valence-electron chi connectivity index (χ4n) is 5.86. The summed E-state index contributed by atoms with van der Waals surface area (Å²) in [5, 5.41) is 10.6. The summed E-state index contributed by atoms with van der Waals surface area (Å²) in [6.45, 7) is 6.10. The fraction of sp³-hybridized carbons (Fsp3) is 0.630. The lowest BCUT2D eigenvalue weighted by Crippen LogP contribution is -2.20. The molecule has 0 radical (unpaired) electrons. The maximum atomic E-state index is 10.6. The van der Waals surface area contributed by atoms with Gasteiger partial charge in [-0.3, -0.25) is 0 Å². The molecule has 1 saturated carbocycles. The third kappa shape index (κ3) is 5.61. The molecule has 1 saturated heterocycles. The number of unbranched alkanes of at least 4 members (excludes halogenated alkanes) is 1. The van der Waals surface area contributed by atoms with Gasteiger partial charge in [-0.1, -0.05) is 53.6 Å². The Morgan fingerprint density at radius 1 is 1.14 bits per heavy atom. The van der Waals surface area contributed by atoms with Crippen molar-refractivity contribution in [2.45, 2.75) is 70.8 Å². The molecule has 4 atom stereocenters. The molecule has 4 rings (SSSR count). The molecule has 1 N–H and O–H groups in total. The first-order chi connectivity index (χ1) is 14.2. The highest BCUT2D eigenvalue weighted by molar-refractivity contribution is 5.23. The Hall–Kier alpha value is -1.38. The van der Waals surface area contributed by atoms with Gasteiger partial charge in [-0.25, -0.2) is 0 Å². The molecule has 2 fully saturated rings. The number of hydrogen-bond donors (Lipinski definition) is 1. The number of nitrogens with zero attached hydrogens (tertiary/aromatic N) is 1. The van der Waals surface area contributed by atoms with Crippen LogP contribution < -0.4 is 0 Å². The molecule has 158 valence electrons. The van der Waals surface area contributed by atoms with Crippen molar-refractivity contribution in [1.29, 1.82) is 0 Å². The van der Waals surface area contributed by atoms with Crippen molar-refractivity contribution in [3.05, 3.63) is 59.2 Å². The first kappa shape index (κ1) is 20.9. The van der Waals surface area contributed by atoms with Crippen molar-refractivity contribution in [2.24, 2.45) is 17.8 Å². The van der Waals surface area contributed by atoms with Crippen LogP contribution in [0.4, 0.5) is 0 Å². The highest BCUT2D eigenvalue weighted by atomic mass is 16.3. The second-order valence-corrected chi connectivity index (χ2v) is 9.70. The van der Waals surface area contributed by atoms with Crippen LogP contribution in [0.5, 0.6) is 0 Å². The van der Waals surface area contributed by atoms with E-state index < -0.39 is 0 Å². The molecule has 0 spiro atoms. The minimum Gasteiger partial charge on any atom is -0.392 e. The number of aryl methyl sites for hydroxylation is 2. The van der Waals surface area contributed by atoms with Crippen molar-refractivity contribution in [3.8, 4) is 0 Å². The van der Waals surface area contributed by atoms with E-state index >= 15 is 0 Å². The lowest BCUT2D eigenvalue weighted by molar-refractivity contribution is 0.141. The molecule has 3 aliphatic rings. The molecule has 0 bridgehead atoms. The Kier molecular flexibility index (Phi) is 7.26. The average molecular weight is 394 g/mol. The van der Waals surface area contributed by atoms with Crippen LogP contribution in [0, 0.1) is 24.7 Å². The maximum absolute atomic E-state index is 10.6. The summed E-state index contributed by atoms with van der Waals surface area (Å²) in [6.07, 6.45) is 18.2. The third-order valence-corrected chi connectivity index (χ3v) is 7.41. The van der Waals surface area contributed by atoms with Gasteiger partial charge in [-0.05, 0) is 102 Å². The first-order valence-corrected chi connectivity index (χ1v) is 12.0. The molecule has 2 heteroatoms. The minimum atomic E-state index is -0.145. The summed E-state index contributed by atoms with van der Waals surface area (Å²) < 4.78 is 0. The number of hydrogen-bond acceptors (Lipinski definition) is 2. The van der Waals surface area contributed by atoms with Crippen molar-refractivity contribution < 1.29 is 5.11 Å². The average Bonchev–Trinajstić information content (AvgIpc) is 3.40. The van der Waals surface area contributed by atoms with E-state index in [9.17, 15) is 5.11 Å². The van der Waals surface area contributed by atoms with Crippen LogP contribution in [0.3, 0.4) is 0 Å². The zero-order chi connectivity index (χ0) is 20.1. The van der Waals surface area contributed by atoms with Crippen molar-refractivity contribution in [1.82, 2.24) is 4.90 Å². The summed E-state index contributed by atoms with van der Waals surface area (Å²) in [5.41, 5.74) is 4.43. The van der Waals surface area contributed by atoms with Crippen LogP contribution >= 0.6 is 0 Å². The van der Waals surface area contributed by atoms with Crippen LogP contribution in [0.2, 0.25) is 0 Å². The Bertz CT molecular complexity index is 715. The molecule has 1 aromatic carbocycles. The highest BCUT2D eigenvalue weighted by Crippen LogP contribution is 2.48. The second kappa shape index (κ2) is 10.1. The standard InChI is InChI=1S/C27H39NO/c1-21-9-8-12-22(17-21)10-2-3-13-25-26-19-23(18-24(26)20-27(25)29)11-4-5-14-28-15-6-7-16-28/h3,8-9,12-13,17-18,24-27,29H,2,4-7,10-11,14-16,19-20H2,1H3/t24-,25+,26-,27+/m0/s1. The van der Waals surface area contributed by atoms with Crippen molar-refractivity contribution in [2.75, 3.05) is 19.6 Å². The number of aliphatic hydroxyl groups is 1. The van der Waals surface area contributed by atoms with Crippen molar-refractivity contribution in [3.63, 3.8) is 0 Å². The van der Waals surface area contributed by atoms with E-state index in [1.807, 2.05) is 0 Å². The monoisotopic (exact) mass is 393 g/mol. The molecule has 1 aromatic rings. The lowest BCUT2D eigenvalue weighted by atomic mass is 9.88. The summed E-state index contributed by atoms with van der Waals surface area (Å²) in [7, 11) is 0. The van der Waals surface area contributed by atoms with E-state index in [0.29, 0.717) is 17.8 Å². The zero-order valence-corrected chi connectivity index (χ0v) is 18.2. The molecule has 1 aliphatic heterocycles. The molecule has 29 heavy (non-hydrogen) atoms. The maximum Gasteiger partial charge on any atom is 0.0611 e. The van der Waals surface area contributed by atoms with Gasteiger partial charge in [0.2, 0.25) is 0 Å². The van der Waals surface area contributed by atoms with Gasteiger partial charge in [-0.15, -0.1) is 0 Å². The van der Waals surface area contributed by atoms with Gasteiger partial charge >= 0.3 is 0 Å². The number of rotatable bonds is 9. The van der Waals surface area contributed by atoms with Crippen LogP contribution in [0.25, 0.3) is 0 Å². The van der Waals surface area contributed by atoms with Crippen molar-refractivity contribution >= 4 is 0 Å². The van der Waals surface area contributed by atoms with E-state index in [-0.39, 0.29) is 6.10 Å². The van der Waals surface area contributed by atoms with Crippen LogP contribution in [-0.2, 0) is 6.42 Å². The number of likely N-dealkylation sites (tertiary alicyclic amines) is 1. The predicted molar refractivity (Wildman–Crippen MR) is 122 cm³/mol. The Labute approximate surface area is 177 Å². The highest BCUT2D eigenvalue weighted by Gasteiger charge is 2.43. The zero-order valence-electron chi connectivity index (χ0n) is 18.2. The topological polar surface area (TPSA) is 23.5 Å². The van der Waals surface area contributed by atoms with E-state index in [2.05, 4.69) is 54.3 Å². The quantitative estimate of drug-likeness (QED) is 0.430. The molecule has 2 aliphatic carbocycles. The van der Waals surface area contributed by atoms with Gasteiger partial charge < -0.3 is 10.0 Å². The smallest absolute Gasteiger partial charge is 0.0611 e. The van der Waals surface area contributed by atoms with Gasteiger partial charge in [0, 0.05) is 5.92 Å². The largest absolute Gasteiger partial charge is 0.392 e. The summed E-state index contributed by atoms with van der Waals surface area (Å²) in [5.74, 6) is 1.62. The summed E-state index contributed by atoms with van der Waals surface area (Å²) >= 11 is 0. The molecule has 0 unspecified atom stereocenters. The van der Waals surface area contributed by atoms with Gasteiger partial charge in [0.25, 0.3) is 0 Å². The normalized spacial score (nSPS) is 29.7. The van der Waals surface area contributed by atoms with Gasteiger partial charge in [-0.2, -0.15) is 0 Å². The van der Waals surface area contributed by atoms with Crippen LogP contribution in [0.15, 0.2) is 48.1 Å². The molecule has 0 aromatic heterocycles. The predicted octanol–water partition coefficient (Wildman–Crippen LogP) is 5.69. The number of fused-ring (bicyclic) bond motifs is 1. The van der Waals surface area contributed by atoms with E-state index in [1.165, 1.54) is 69.3 Å². The minimum absolute atomic E-state index is 0.145. The number of benzene rings is 1. The van der Waals surface area contributed by atoms with Crippen LogP contribution in [-0.4, -0.2) is 35.7 Å². The molecular formula is C27H39NO. The molecule has 2 nitrogen and oxygen atoms in total. The summed E-state index contributed by atoms with van der Waals surface area (Å²) in [4.78, 5) is 2.63. The number of allylic oxidation sites excluding steroid dienone is 3. The Morgan fingerprint density at radius 2 is 2.00 bits per heavy atom. The van der Waals surface area contributed by atoms with Gasteiger partial charge in [0.1, 0.15) is 0 Å². The lowest BCUT2D eigenvalue weighted by Gasteiger charge is -2.18. The van der Waals surface area contributed by atoms with E-state index in [0.717, 1.165) is 19.3 Å². The Morgan fingerprint density at radius 3 is 2.83 bits per heavy atom. The molecule has 1 heterocycles. The van der Waals surface area contributed by atoms with E-state index in [1.54, 1.807) is 5.57 Å². The molecule has 0 amide bonds. The SMILES string of the molecule is Cc1cccc(CCC=C[C@@H]2[C@H]3CC(CCCCN4CCCC4)=C[C@H]3C[C@H]2O)c1. The van der Waals surface area contributed by atoms with Crippen LogP contribution in [0.1, 0.15) is 62.5 Å². The third-order valence-electron chi connectivity index (χ3n) is 7.41.